The molecule has 2 rings (SSSR count). The number of rotatable bonds is 1. The summed E-state index contributed by atoms with van der Waals surface area (Å²) in [7, 11) is 1.79. The van der Waals surface area contributed by atoms with Gasteiger partial charge in [-0.1, -0.05) is 53.1 Å². The second-order valence-electron chi connectivity index (χ2n) is 3.05. The lowest BCUT2D eigenvalue weighted by atomic mass is 10.2. The van der Waals surface area contributed by atoms with Crippen molar-refractivity contribution in [1.29, 1.82) is 0 Å². The highest BCUT2D eigenvalue weighted by Gasteiger charge is 2.12. The maximum absolute atomic E-state index is 10.6. The molecule has 2 heterocycles. The van der Waals surface area contributed by atoms with Crippen LogP contribution in [0.5, 0.6) is 0 Å². The first-order valence-corrected chi connectivity index (χ1v) is 7.46. The molecule has 0 amide bonds. The molecule has 20 heavy (non-hydrogen) atoms. The fourth-order valence-electron chi connectivity index (χ4n) is 1.46. The third-order valence-corrected chi connectivity index (χ3v) is 2.52. The van der Waals surface area contributed by atoms with Crippen LogP contribution in [-0.4, -0.2) is 21.1 Å². The van der Waals surface area contributed by atoms with E-state index < -0.39 is 0 Å². The number of hydrogen-bond donors (Lipinski definition) is 0. The van der Waals surface area contributed by atoms with E-state index in [1.807, 2.05) is 48.5 Å². The standard InChI is InChI=1S/C9H8ClN3O.3C2H6/c1-5-7-8(10)6(4-14)3-11-9(7)13(2)12-5;3*1-2/h3-4H,1-2H3;3*1-2H3. The average molecular weight is 300 g/mol. The Balaban J connectivity index is 0. The molecule has 0 aliphatic heterocycles. The zero-order valence-electron chi connectivity index (χ0n) is 13.8. The lowest BCUT2D eigenvalue weighted by Crippen LogP contribution is -1.93. The number of carbonyl (C=O) groups excluding carboxylic acids is 1. The van der Waals surface area contributed by atoms with E-state index >= 15 is 0 Å². The number of pyridine rings is 1. The summed E-state index contributed by atoms with van der Waals surface area (Å²) in [5.74, 6) is 0. The predicted octanol–water partition coefficient (Wildman–Crippen LogP) is 4.82. The van der Waals surface area contributed by atoms with Gasteiger partial charge in [-0.2, -0.15) is 5.10 Å². The third kappa shape index (κ3) is 4.60. The molecule has 0 aliphatic rings. The second-order valence-corrected chi connectivity index (χ2v) is 3.43. The number of fused-ring (bicyclic) bond motifs is 1. The van der Waals surface area contributed by atoms with E-state index in [4.69, 9.17) is 11.6 Å². The minimum Gasteiger partial charge on any atom is -0.298 e. The van der Waals surface area contributed by atoms with Gasteiger partial charge in [0.25, 0.3) is 0 Å². The minimum atomic E-state index is 0.398. The summed E-state index contributed by atoms with van der Waals surface area (Å²) in [5, 5.41) is 5.36. The molecular weight excluding hydrogens is 274 g/mol. The number of aromatic nitrogens is 3. The predicted molar refractivity (Wildman–Crippen MR) is 87.7 cm³/mol. The Hall–Kier alpha value is -1.42. The van der Waals surface area contributed by atoms with Crippen LogP contribution in [0.4, 0.5) is 0 Å². The molecule has 0 fully saturated rings. The van der Waals surface area contributed by atoms with Crippen LogP contribution in [0.3, 0.4) is 0 Å². The van der Waals surface area contributed by atoms with Crippen LogP contribution in [-0.2, 0) is 7.05 Å². The van der Waals surface area contributed by atoms with E-state index in [1.165, 1.54) is 6.20 Å². The fourth-order valence-corrected chi connectivity index (χ4v) is 1.78. The lowest BCUT2D eigenvalue weighted by molar-refractivity contribution is 0.112. The molecule has 0 saturated heterocycles. The van der Waals surface area contributed by atoms with E-state index in [0.29, 0.717) is 22.5 Å². The molecule has 0 unspecified atom stereocenters. The van der Waals surface area contributed by atoms with Gasteiger partial charge in [0, 0.05) is 13.2 Å². The fraction of sp³-hybridized carbons (Fsp3) is 0.533. The van der Waals surface area contributed by atoms with Gasteiger partial charge in [-0.05, 0) is 6.92 Å². The first-order chi connectivity index (χ1) is 9.65. The van der Waals surface area contributed by atoms with Crippen molar-refractivity contribution in [3.8, 4) is 0 Å². The Kier molecular flexibility index (Phi) is 11.9. The summed E-state index contributed by atoms with van der Waals surface area (Å²) in [6.45, 7) is 13.8. The van der Waals surface area contributed by atoms with E-state index in [-0.39, 0.29) is 0 Å². The van der Waals surface area contributed by atoms with Gasteiger partial charge in [-0.25, -0.2) is 4.98 Å². The van der Waals surface area contributed by atoms with E-state index in [0.717, 1.165) is 11.1 Å². The van der Waals surface area contributed by atoms with Crippen LogP contribution in [0.25, 0.3) is 11.0 Å². The molecule has 2 aromatic rings. The van der Waals surface area contributed by atoms with Crippen molar-refractivity contribution in [2.24, 2.45) is 7.05 Å². The minimum absolute atomic E-state index is 0.398. The molecule has 0 bridgehead atoms. The normalized spacial score (nSPS) is 8.45. The van der Waals surface area contributed by atoms with Gasteiger partial charge in [-0.15, -0.1) is 0 Å². The quantitative estimate of drug-likeness (QED) is 0.709. The summed E-state index contributed by atoms with van der Waals surface area (Å²) in [5.41, 5.74) is 1.87. The lowest BCUT2D eigenvalue weighted by Gasteiger charge is -1.97. The van der Waals surface area contributed by atoms with Gasteiger partial charge in [0.1, 0.15) is 0 Å². The van der Waals surface area contributed by atoms with Crippen molar-refractivity contribution in [2.75, 3.05) is 0 Å². The third-order valence-electron chi connectivity index (χ3n) is 2.12. The first kappa shape index (κ1) is 20.9. The Labute approximate surface area is 127 Å². The highest BCUT2D eigenvalue weighted by atomic mass is 35.5. The Morgan fingerprint density at radius 2 is 1.65 bits per heavy atom. The zero-order valence-corrected chi connectivity index (χ0v) is 14.5. The van der Waals surface area contributed by atoms with E-state index in [9.17, 15) is 4.79 Å². The number of nitrogens with zero attached hydrogens (tertiary/aromatic N) is 3. The van der Waals surface area contributed by atoms with Crippen LogP contribution < -0.4 is 0 Å². The molecule has 0 saturated carbocycles. The summed E-state index contributed by atoms with van der Waals surface area (Å²) in [6, 6.07) is 0. The van der Waals surface area contributed by atoms with Crippen LogP contribution in [0.1, 0.15) is 57.6 Å². The van der Waals surface area contributed by atoms with E-state index in [1.54, 1.807) is 11.7 Å². The molecule has 4 nitrogen and oxygen atoms in total. The highest BCUT2D eigenvalue weighted by molar-refractivity contribution is 6.37. The highest BCUT2D eigenvalue weighted by Crippen LogP contribution is 2.26. The molecule has 5 heteroatoms. The van der Waals surface area contributed by atoms with Crippen LogP contribution >= 0.6 is 11.6 Å². The smallest absolute Gasteiger partial charge is 0.159 e. The molecule has 0 atom stereocenters. The largest absolute Gasteiger partial charge is 0.298 e. The van der Waals surface area contributed by atoms with Crippen molar-refractivity contribution >= 4 is 28.9 Å². The van der Waals surface area contributed by atoms with Crippen LogP contribution in [0.2, 0.25) is 5.02 Å². The number of carbonyl (C=O) groups is 1. The van der Waals surface area contributed by atoms with Gasteiger partial charge >= 0.3 is 0 Å². The first-order valence-electron chi connectivity index (χ1n) is 7.08. The van der Waals surface area contributed by atoms with Gasteiger partial charge in [-0.3, -0.25) is 9.48 Å². The maximum atomic E-state index is 10.6. The number of aldehydes is 1. The molecule has 0 aliphatic carbocycles. The topological polar surface area (TPSA) is 47.8 Å². The van der Waals surface area contributed by atoms with E-state index in [2.05, 4.69) is 10.1 Å². The SMILES string of the molecule is CC.CC.CC.Cc1nn(C)c2ncc(C=O)c(Cl)c12. The maximum Gasteiger partial charge on any atom is 0.159 e. The Morgan fingerprint density at radius 1 is 1.15 bits per heavy atom. The molecule has 0 aromatic carbocycles. The molecule has 0 radical (unpaired) electrons. The Bertz CT molecular complexity index is 521. The summed E-state index contributed by atoms with van der Waals surface area (Å²) in [4.78, 5) is 14.8. The van der Waals surface area contributed by atoms with Crippen molar-refractivity contribution in [3.05, 3.63) is 22.5 Å². The zero-order chi connectivity index (χ0) is 16.3. The molecular formula is C15H26ClN3O. The summed E-state index contributed by atoms with van der Waals surface area (Å²) >= 11 is 6.04. The van der Waals surface area contributed by atoms with Crippen molar-refractivity contribution < 1.29 is 4.79 Å². The van der Waals surface area contributed by atoms with Crippen LogP contribution in [0.15, 0.2) is 6.20 Å². The van der Waals surface area contributed by atoms with Gasteiger partial charge in [0.15, 0.2) is 11.9 Å². The van der Waals surface area contributed by atoms with Gasteiger partial charge < -0.3 is 0 Å². The second kappa shape index (κ2) is 11.4. The molecule has 0 N–H and O–H groups in total. The summed E-state index contributed by atoms with van der Waals surface area (Å²) in [6.07, 6.45) is 2.15. The number of hydrogen-bond acceptors (Lipinski definition) is 3. The van der Waals surface area contributed by atoms with Crippen LogP contribution in [0, 0.1) is 6.92 Å². The summed E-state index contributed by atoms with van der Waals surface area (Å²) < 4.78 is 1.64. The average Bonchev–Trinajstić information content (AvgIpc) is 2.81. The number of halogens is 1. The van der Waals surface area contributed by atoms with Crippen molar-refractivity contribution in [3.63, 3.8) is 0 Å². The number of aryl methyl sites for hydroxylation is 2. The molecule has 2 aromatic heterocycles. The van der Waals surface area contributed by atoms with Crippen molar-refractivity contribution in [1.82, 2.24) is 14.8 Å². The van der Waals surface area contributed by atoms with Crippen molar-refractivity contribution in [2.45, 2.75) is 48.5 Å². The van der Waals surface area contributed by atoms with Gasteiger partial charge in [0.05, 0.1) is 21.7 Å². The molecule has 114 valence electrons. The monoisotopic (exact) mass is 299 g/mol. The molecule has 0 spiro atoms. The van der Waals surface area contributed by atoms with Gasteiger partial charge in [0.2, 0.25) is 0 Å². The Morgan fingerprint density at radius 3 is 2.10 bits per heavy atom.